The van der Waals surface area contributed by atoms with Crippen molar-refractivity contribution in [2.75, 3.05) is 11.9 Å². The van der Waals surface area contributed by atoms with Gasteiger partial charge in [0.1, 0.15) is 17.9 Å². The van der Waals surface area contributed by atoms with Crippen molar-refractivity contribution in [1.82, 2.24) is 15.3 Å². The maximum Gasteiger partial charge on any atom is 0.255 e. The van der Waals surface area contributed by atoms with Gasteiger partial charge in [0.25, 0.3) is 5.91 Å². The molecule has 0 unspecified atom stereocenters. The van der Waals surface area contributed by atoms with Crippen molar-refractivity contribution in [3.05, 3.63) is 17.7 Å². The first-order valence-electron chi connectivity index (χ1n) is 8.20. The van der Waals surface area contributed by atoms with Crippen molar-refractivity contribution in [3.8, 4) is 0 Å². The molecule has 23 heavy (non-hydrogen) atoms. The van der Waals surface area contributed by atoms with Crippen molar-refractivity contribution >= 4 is 22.8 Å². The van der Waals surface area contributed by atoms with Crippen LogP contribution in [0.15, 0.2) is 10.7 Å². The van der Waals surface area contributed by atoms with Gasteiger partial charge < -0.3 is 15.1 Å². The Kier molecular flexibility index (Phi) is 4.00. The summed E-state index contributed by atoms with van der Waals surface area (Å²) in [4.78, 5) is 21.1. The maximum atomic E-state index is 12.6. The number of nitrogens with one attached hydrogen (secondary N) is 2. The van der Waals surface area contributed by atoms with Crippen LogP contribution in [0.4, 0.5) is 5.82 Å². The lowest BCUT2D eigenvalue weighted by atomic mass is 10.1. The number of hydrogen-bond acceptors (Lipinski definition) is 5. The Morgan fingerprint density at radius 1 is 1.39 bits per heavy atom. The lowest BCUT2D eigenvalue weighted by molar-refractivity contribution is 0.0952. The summed E-state index contributed by atoms with van der Waals surface area (Å²) in [6.07, 6.45) is 4.62. The van der Waals surface area contributed by atoms with Crippen LogP contribution >= 0.6 is 0 Å². The number of carbonyl (C=O) groups is 1. The molecule has 0 bridgehead atoms. The van der Waals surface area contributed by atoms with E-state index >= 15 is 0 Å². The Hall–Kier alpha value is -2.11. The highest BCUT2D eigenvalue weighted by Crippen LogP contribution is 2.40. The molecule has 3 rings (SSSR count). The number of hydrogen-bond donors (Lipinski definition) is 2. The maximum absolute atomic E-state index is 12.6. The molecule has 1 fully saturated rings. The predicted molar refractivity (Wildman–Crippen MR) is 89.6 cm³/mol. The number of carbonyl (C=O) groups excluding carboxylic acids is 1. The predicted octanol–water partition coefficient (Wildman–Crippen LogP) is 3.27. The summed E-state index contributed by atoms with van der Waals surface area (Å²) in [7, 11) is 0. The van der Waals surface area contributed by atoms with Gasteiger partial charge in [0.2, 0.25) is 5.71 Å². The molecule has 1 aliphatic rings. The van der Waals surface area contributed by atoms with E-state index in [1.165, 1.54) is 6.33 Å². The van der Waals surface area contributed by atoms with E-state index < -0.39 is 0 Å². The van der Waals surface area contributed by atoms with E-state index in [2.05, 4.69) is 41.4 Å². The second-order valence-electron chi connectivity index (χ2n) is 7.06. The summed E-state index contributed by atoms with van der Waals surface area (Å²) in [5, 5.41) is 7.08. The molecule has 0 saturated heterocycles. The van der Waals surface area contributed by atoms with E-state index in [0.717, 1.165) is 19.3 Å². The average Bonchev–Trinajstić information content (AvgIpc) is 3.08. The Morgan fingerprint density at radius 2 is 2.13 bits per heavy atom. The fourth-order valence-corrected chi connectivity index (χ4v) is 2.57. The van der Waals surface area contributed by atoms with Crippen LogP contribution in [0.1, 0.15) is 56.2 Å². The molecule has 0 aliphatic heterocycles. The van der Waals surface area contributed by atoms with Crippen LogP contribution < -0.4 is 10.6 Å². The van der Waals surface area contributed by atoms with Crippen LogP contribution in [0.2, 0.25) is 0 Å². The number of anilines is 1. The summed E-state index contributed by atoms with van der Waals surface area (Å²) in [5.41, 5.74) is 1.06. The number of furan rings is 1. The highest BCUT2D eigenvalue weighted by Gasteiger charge is 2.38. The Balaban J connectivity index is 1.92. The molecule has 6 heteroatoms. The van der Waals surface area contributed by atoms with Gasteiger partial charge >= 0.3 is 0 Å². The van der Waals surface area contributed by atoms with Crippen molar-refractivity contribution < 1.29 is 9.21 Å². The first kappa shape index (κ1) is 15.8. The zero-order valence-corrected chi connectivity index (χ0v) is 14.2. The molecule has 0 aromatic carbocycles. The number of fused-ring (bicyclic) bond motifs is 1. The molecule has 0 radical (unpaired) electrons. The molecule has 0 atom stereocenters. The lowest BCUT2D eigenvalue weighted by Crippen LogP contribution is -2.26. The second-order valence-corrected chi connectivity index (χ2v) is 7.06. The van der Waals surface area contributed by atoms with E-state index in [-0.39, 0.29) is 11.4 Å². The van der Waals surface area contributed by atoms with Crippen LogP contribution in [0, 0.1) is 12.8 Å². The fraction of sp³-hybridized carbons (Fsp3) is 0.588. The van der Waals surface area contributed by atoms with Crippen molar-refractivity contribution in [3.63, 3.8) is 0 Å². The fourth-order valence-electron chi connectivity index (χ4n) is 2.57. The van der Waals surface area contributed by atoms with Gasteiger partial charge in [-0.2, -0.15) is 0 Å². The van der Waals surface area contributed by atoms with Crippen LogP contribution in [0.3, 0.4) is 0 Å². The summed E-state index contributed by atoms with van der Waals surface area (Å²) in [6.45, 7) is 8.86. The van der Waals surface area contributed by atoms with E-state index in [0.29, 0.717) is 40.7 Å². The van der Waals surface area contributed by atoms with Gasteiger partial charge in [0.15, 0.2) is 0 Å². The first-order valence-corrected chi connectivity index (χ1v) is 8.20. The number of rotatable bonds is 6. The molecule has 2 aromatic heterocycles. The number of nitrogens with zero attached hydrogens (tertiary/aromatic N) is 2. The highest BCUT2D eigenvalue weighted by atomic mass is 16.3. The lowest BCUT2D eigenvalue weighted by Gasteiger charge is -2.13. The van der Waals surface area contributed by atoms with Crippen LogP contribution in [0.25, 0.3) is 11.1 Å². The van der Waals surface area contributed by atoms with Crippen molar-refractivity contribution in [1.29, 1.82) is 0 Å². The van der Waals surface area contributed by atoms with Gasteiger partial charge in [-0.15, -0.1) is 0 Å². The van der Waals surface area contributed by atoms with Crippen molar-refractivity contribution in [2.24, 2.45) is 5.92 Å². The third-order valence-corrected chi connectivity index (χ3v) is 4.32. The zero-order chi connectivity index (χ0) is 16.6. The SMILES string of the molecule is Cc1oc2ncnc(NC3(C)CC3)c2c1C(=O)NCCC(C)C. The van der Waals surface area contributed by atoms with E-state index in [1.54, 1.807) is 6.92 Å². The van der Waals surface area contributed by atoms with Gasteiger partial charge in [-0.3, -0.25) is 4.79 Å². The molecule has 124 valence electrons. The smallest absolute Gasteiger partial charge is 0.255 e. The monoisotopic (exact) mass is 316 g/mol. The van der Waals surface area contributed by atoms with Gasteiger partial charge in [0, 0.05) is 12.1 Å². The third-order valence-electron chi connectivity index (χ3n) is 4.32. The minimum Gasteiger partial charge on any atom is -0.442 e. The summed E-state index contributed by atoms with van der Waals surface area (Å²) >= 11 is 0. The number of aromatic nitrogens is 2. The van der Waals surface area contributed by atoms with Gasteiger partial charge in [-0.05, 0) is 39.0 Å². The molecular weight excluding hydrogens is 292 g/mol. The second kappa shape index (κ2) is 5.83. The molecule has 2 heterocycles. The van der Waals surface area contributed by atoms with E-state index in [4.69, 9.17) is 4.42 Å². The molecular formula is C17H24N4O2. The molecule has 6 nitrogen and oxygen atoms in total. The largest absolute Gasteiger partial charge is 0.442 e. The Bertz CT molecular complexity index is 732. The number of aryl methyl sites for hydroxylation is 1. The topological polar surface area (TPSA) is 80.1 Å². The summed E-state index contributed by atoms with van der Waals surface area (Å²) in [6, 6.07) is 0. The van der Waals surface area contributed by atoms with Crippen molar-refractivity contribution in [2.45, 2.75) is 52.5 Å². The quantitative estimate of drug-likeness (QED) is 0.855. The summed E-state index contributed by atoms with van der Waals surface area (Å²) in [5.74, 6) is 1.68. The van der Waals surface area contributed by atoms with Gasteiger partial charge in [-0.1, -0.05) is 13.8 Å². The third kappa shape index (κ3) is 3.30. The molecule has 1 aliphatic carbocycles. The van der Waals surface area contributed by atoms with Crippen LogP contribution in [-0.4, -0.2) is 28.0 Å². The normalized spacial score (nSPS) is 15.9. The molecule has 0 spiro atoms. The minimum atomic E-state index is -0.124. The highest BCUT2D eigenvalue weighted by molar-refractivity contribution is 6.10. The molecule has 2 aromatic rings. The van der Waals surface area contributed by atoms with E-state index in [1.807, 2.05) is 0 Å². The molecule has 1 amide bonds. The van der Waals surface area contributed by atoms with Gasteiger partial charge in [0.05, 0.1) is 10.9 Å². The Morgan fingerprint density at radius 3 is 2.78 bits per heavy atom. The van der Waals surface area contributed by atoms with Crippen LogP contribution in [0.5, 0.6) is 0 Å². The van der Waals surface area contributed by atoms with Gasteiger partial charge in [-0.25, -0.2) is 9.97 Å². The Labute approximate surface area is 136 Å². The summed E-state index contributed by atoms with van der Waals surface area (Å²) < 4.78 is 5.67. The van der Waals surface area contributed by atoms with E-state index in [9.17, 15) is 4.79 Å². The molecule has 2 N–H and O–H groups in total. The average molecular weight is 316 g/mol. The standard InChI is InChI=1S/C17H24N4O2/c1-10(2)5-8-18-15(22)12-11(3)23-16-13(12)14(19-9-20-16)21-17(4)6-7-17/h9-10H,5-8H2,1-4H3,(H,18,22)(H,19,20,21). The first-order chi connectivity index (χ1) is 10.9. The number of amides is 1. The van der Waals surface area contributed by atoms with Crippen LogP contribution in [-0.2, 0) is 0 Å². The molecule has 1 saturated carbocycles. The zero-order valence-electron chi connectivity index (χ0n) is 14.2. The minimum absolute atomic E-state index is 0.0673.